The average molecular weight is 392 g/mol. The van der Waals surface area contributed by atoms with E-state index < -0.39 is 0 Å². The van der Waals surface area contributed by atoms with E-state index in [1.165, 1.54) is 12.1 Å². The van der Waals surface area contributed by atoms with E-state index in [-0.39, 0.29) is 18.1 Å². The van der Waals surface area contributed by atoms with Crippen molar-refractivity contribution < 1.29 is 18.7 Å². The minimum atomic E-state index is -0.309. The third-order valence-electron chi connectivity index (χ3n) is 4.36. The smallest absolute Gasteiger partial charge is 0.234 e. The maximum Gasteiger partial charge on any atom is 0.234 e. The van der Waals surface area contributed by atoms with Gasteiger partial charge in [-0.05, 0) is 47.5 Å². The number of nitrogens with zero attached hydrogens (tertiary/aromatic N) is 1. The first-order valence-corrected chi connectivity index (χ1v) is 9.33. The number of carbonyl (C=O) groups is 1. The van der Waals surface area contributed by atoms with Crippen LogP contribution in [0.5, 0.6) is 11.5 Å². The van der Waals surface area contributed by atoms with Crippen LogP contribution in [0.25, 0.3) is 10.8 Å². The van der Waals surface area contributed by atoms with Gasteiger partial charge in [0.1, 0.15) is 37.0 Å². The number of amides is 1. The Hall–Kier alpha value is -3.59. The van der Waals surface area contributed by atoms with Crippen molar-refractivity contribution in [3.8, 4) is 17.6 Å². The molecule has 29 heavy (non-hydrogen) atoms. The molecule has 6 heteroatoms. The van der Waals surface area contributed by atoms with Crippen molar-refractivity contribution in [3.05, 3.63) is 72.0 Å². The predicted octanol–water partition coefficient (Wildman–Crippen LogP) is 4.01. The second kappa shape index (κ2) is 10.1. The Morgan fingerprint density at radius 1 is 1.00 bits per heavy atom. The third kappa shape index (κ3) is 5.69. The van der Waals surface area contributed by atoms with Crippen LogP contribution in [0, 0.1) is 17.1 Å². The number of fused-ring (bicyclic) bond motifs is 1. The minimum Gasteiger partial charge on any atom is -0.490 e. The lowest BCUT2D eigenvalue weighted by atomic mass is 10.0. The van der Waals surface area contributed by atoms with E-state index in [1.54, 1.807) is 12.1 Å². The number of carbonyl (C=O) groups excluding carboxylic acids is 1. The zero-order valence-electron chi connectivity index (χ0n) is 15.9. The summed E-state index contributed by atoms with van der Waals surface area (Å²) >= 11 is 0. The molecular weight excluding hydrogens is 371 g/mol. The molecule has 0 aliphatic heterocycles. The predicted molar refractivity (Wildman–Crippen MR) is 108 cm³/mol. The van der Waals surface area contributed by atoms with Crippen LogP contribution in [0.15, 0.2) is 60.7 Å². The van der Waals surface area contributed by atoms with Crippen molar-refractivity contribution in [1.82, 2.24) is 5.32 Å². The Morgan fingerprint density at radius 3 is 2.55 bits per heavy atom. The van der Waals surface area contributed by atoms with Gasteiger partial charge in [0, 0.05) is 12.1 Å². The molecule has 0 bridgehead atoms. The summed E-state index contributed by atoms with van der Waals surface area (Å²) in [6.45, 7) is 1.05. The molecule has 0 radical (unpaired) electrons. The lowest BCUT2D eigenvalue weighted by Gasteiger charge is -2.15. The van der Waals surface area contributed by atoms with E-state index in [2.05, 4.69) is 5.32 Å². The quantitative estimate of drug-likeness (QED) is 0.559. The van der Waals surface area contributed by atoms with Crippen molar-refractivity contribution in [2.45, 2.75) is 12.8 Å². The van der Waals surface area contributed by atoms with E-state index in [9.17, 15) is 9.18 Å². The molecule has 0 aromatic heterocycles. The number of nitrogens with one attached hydrogen (secondary N) is 1. The minimum absolute atomic E-state index is 0.153. The highest BCUT2D eigenvalue weighted by molar-refractivity contribution is 5.88. The molecule has 0 atom stereocenters. The highest BCUT2D eigenvalue weighted by atomic mass is 19.1. The molecule has 3 rings (SSSR count). The molecule has 1 amide bonds. The largest absolute Gasteiger partial charge is 0.490 e. The summed E-state index contributed by atoms with van der Waals surface area (Å²) in [5.74, 6) is 0.703. The molecule has 0 saturated carbocycles. The zero-order chi connectivity index (χ0) is 20.5. The van der Waals surface area contributed by atoms with Gasteiger partial charge in [-0.1, -0.05) is 30.3 Å². The molecule has 0 unspecified atom stereocenters. The van der Waals surface area contributed by atoms with Crippen molar-refractivity contribution in [2.24, 2.45) is 0 Å². The lowest BCUT2D eigenvalue weighted by molar-refractivity contribution is -0.120. The maximum absolute atomic E-state index is 12.9. The summed E-state index contributed by atoms with van der Waals surface area (Å²) in [6, 6.07) is 19.5. The Bertz CT molecular complexity index is 1010. The monoisotopic (exact) mass is 392 g/mol. The van der Waals surface area contributed by atoms with Gasteiger partial charge in [-0.2, -0.15) is 5.26 Å². The van der Waals surface area contributed by atoms with Crippen molar-refractivity contribution in [2.75, 3.05) is 19.8 Å². The average Bonchev–Trinajstić information content (AvgIpc) is 2.73. The van der Waals surface area contributed by atoms with E-state index in [0.717, 1.165) is 22.1 Å². The first-order chi connectivity index (χ1) is 14.2. The SMILES string of the molecule is N#CCC(=O)NCCc1c(OCCOc2ccc(F)cc2)ccc2ccccc12. The summed E-state index contributed by atoms with van der Waals surface area (Å²) in [6.07, 6.45) is 0.423. The first-order valence-electron chi connectivity index (χ1n) is 9.33. The van der Waals surface area contributed by atoms with E-state index >= 15 is 0 Å². The molecule has 0 aliphatic carbocycles. The van der Waals surface area contributed by atoms with Crippen LogP contribution in [0.3, 0.4) is 0 Å². The molecule has 0 spiro atoms. The van der Waals surface area contributed by atoms with Gasteiger partial charge >= 0.3 is 0 Å². The van der Waals surface area contributed by atoms with Gasteiger partial charge in [-0.3, -0.25) is 4.79 Å². The zero-order valence-corrected chi connectivity index (χ0v) is 15.9. The van der Waals surface area contributed by atoms with Gasteiger partial charge in [-0.25, -0.2) is 4.39 Å². The van der Waals surface area contributed by atoms with Gasteiger partial charge in [0.2, 0.25) is 5.91 Å². The van der Waals surface area contributed by atoms with Crippen LogP contribution in [-0.4, -0.2) is 25.7 Å². The molecule has 1 N–H and O–H groups in total. The molecule has 5 nitrogen and oxygen atoms in total. The topological polar surface area (TPSA) is 71.4 Å². The summed E-state index contributed by atoms with van der Waals surface area (Å²) in [4.78, 5) is 11.5. The molecule has 148 valence electrons. The summed E-state index contributed by atoms with van der Waals surface area (Å²) in [5.41, 5.74) is 0.988. The van der Waals surface area contributed by atoms with Gasteiger partial charge in [0.25, 0.3) is 0 Å². The number of halogens is 1. The normalized spacial score (nSPS) is 10.3. The van der Waals surface area contributed by atoms with Crippen LogP contribution in [-0.2, 0) is 11.2 Å². The molecule has 0 aliphatic rings. The number of nitriles is 1. The van der Waals surface area contributed by atoms with Crippen molar-refractivity contribution in [3.63, 3.8) is 0 Å². The Morgan fingerprint density at radius 2 is 1.76 bits per heavy atom. The van der Waals surface area contributed by atoms with Crippen molar-refractivity contribution >= 4 is 16.7 Å². The van der Waals surface area contributed by atoms with Gasteiger partial charge in [-0.15, -0.1) is 0 Å². The molecule has 0 saturated heterocycles. The van der Waals surface area contributed by atoms with E-state index in [1.807, 2.05) is 42.5 Å². The number of hydrogen-bond acceptors (Lipinski definition) is 4. The second-order valence-corrected chi connectivity index (χ2v) is 6.35. The first kappa shape index (κ1) is 20.2. The third-order valence-corrected chi connectivity index (χ3v) is 4.36. The van der Waals surface area contributed by atoms with E-state index in [0.29, 0.717) is 31.9 Å². The van der Waals surface area contributed by atoms with Crippen molar-refractivity contribution in [1.29, 1.82) is 5.26 Å². The number of rotatable bonds is 9. The molecule has 3 aromatic rings. The molecule has 0 fully saturated rings. The maximum atomic E-state index is 12.9. The number of hydrogen-bond donors (Lipinski definition) is 1. The van der Waals surface area contributed by atoms with Crippen LogP contribution in [0.4, 0.5) is 4.39 Å². The highest BCUT2D eigenvalue weighted by Crippen LogP contribution is 2.28. The van der Waals surface area contributed by atoms with Crippen LogP contribution in [0.1, 0.15) is 12.0 Å². The number of benzene rings is 3. The fraction of sp³-hybridized carbons (Fsp3) is 0.217. The molecule has 0 heterocycles. The van der Waals surface area contributed by atoms with Crippen LogP contribution < -0.4 is 14.8 Å². The van der Waals surface area contributed by atoms with Gasteiger partial charge in [0.05, 0.1) is 6.07 Å². The van der Waals surface area contributed by atoms with E-state index in [4.69, 9.17) is 14.7 Å². The highest BCUT2D eigenvalue weighted by Gasteiger charge is 2.10. The fourth-order valence-corrected chi connectivity index (χ4v) is 3.01. The number of ether oxygens (including phenoxy) is 2. The van der Waals surface area contributed by atoms with Crippen LogP contribution in [0.2, 0.25) is 0 Å². The molecule has 3 aromatic carbocycles. The summed E-state index contributed by atoms with van der Waals surface area (Å²) in [7, 11) is 0. The summed E-state index contributed by atoms with van der Waals surface area (Å²) in [5, 5.41) is 13.5. The second-order valence-electron chi connectivity index (χ2n) is 6.35. The standard InChI is InChI=1S/C23H21FN2O3/c24-18-6-8-19(9-7-18)28-15-16-29-22-10-5-17-3-1-2-4-20(17)21(22)12-14-26-23(27)11-13-25/h1-10H,11-12,14-16H2,(H,26,27). The Kier molecular flexibility index (Phi) is 7.01. The lowest BCUT2D eigenvalue weighted by Crippen LogP contribution is -2.25. The van der Waals surface area contributed by atoms with Crippen LogP contribution >= 0.6 is 0 Å². The van der Waals surface area contributed by atoms with Gasteiger partial charge in [0.15, 0.2) is 0 Å². The fourth-order valence-electron chi connectivity index (χ4n) is 3.01. The molecular formula is C23H21FN2O3. The summed E-state index contributed by atoms with van der Waals surface area (Å²) < 4.78 is 24.4. The Labute approximate surface area is 168 Å². The van der Waals surface area contributed by atoms with Gasteiger partial charge < -0.3 is 14.8 Å². The Balaban J connectivity index is 1.65.